The normalized spacial score (nSPS) is 17.9. The van der Waals surface area contributed by atoms with Crippen LogP contribution in [0.1, 0.15) is 34.1 Å². The van der Waals surface area contributed by atoms with Crippen molar-refractivity contribution < 1.29 is 13.2 Å². The molecule has 1 saturated heterocycles. The van der Waals surface area contributed by atoms with Crippen LogP contribution in [0.4, 0.5) is 5.69 Å². The summed E-state index contributed by atoms with van der Waals surface area (Å²) in [5.41, 5.74) is 1.02. The lowest BCUT2D eigenvalue weighted by molar-refractivity contribution is 0.0738. The minimum Gasteiger partial charge on any atom is -0.331 e. The van der Waals surface area contributed by atoms with E-state index in [-0.39, 0.29) is 11.9 Å². The molecule has 2 aromatic rings. The summed E-state index contributed by atoms with van der Waals surface area (Å²) in [7, 11) is -1.86. The van der Waals surface area contributed by atoms with Crippen LogP contribution in [0.5, 0.6) is 0 Å². The molecule has 3 rings (SSSR count). The van der Waals surface area contributed by atoms with Gasteiger partial charge >= 0.3 is 0 Å². The molecule has 0 bridgehead atoms. The van der Waals surface area contributed by atoms with E-state index in [1.54, 1.807) is 35.6 Å². The Kier molecular flexibility index (Phi) is 4.64. The Hall–Kier alpha value is -1.86. The van der Waals surface area contributed by atoms with Crippen molar-refractivity contribution in [3.63, 3.8) is 0 Å². The molecule has 5 nitrogen and oxygen atoms in total. The lowest BCUT2D eigenvalue weighted by Gasteiger charge is -2.25. The number of amides is 1. The molecule has 1 aliphatic heterocycles. The molecule has 1 unspecified atom stereocenters. The summed E-state index contributed by atoms with van der Waals surface area (Å²) in [5.74, 6) is -0.0466. The van der Waals surface area contributed by atoms with Gasteiger partial charge in [-0.05, 0) is 42.5 Å². The van der Waals surface area contributed by atoms with Crippen LogP contribution in [0.25, 0.3) is 0 Å². The number of thiophene rings is 1. The first-order chi connectivity index (χ1) is 11.4. The van der Waals surface area contributed by atoms with E-state index in [2.05, 4.69) is 6.07 Å². The van der Waals surface area contributed by atoms with Gasteiger partial charge in [-0.2, -0.15) is 0 Å². The van der Waals surface area contributed by atoms with Crippen molar-refractivity contribution in [3.05, 3.63) is 52.2 Å². The highest BCUT2D eigenvalue weighted by Gasteiger charge is 2.31. The summed E-state index contributed by atoms with van der Waals surface area (Å²) in [6.45, 7) is 0.730. The number of carbonyl (C=O) groups is 1. The molecule has 1 atom stereocenters. The van der Waals surface area contributed by atoms with Crippen molar-refractivity contribution in [2.75, 3.05) is 24.2 Å². The van der Waals surface area contributed by atoms with Crippen LogP contribution in [-0.4, -0.2) is 39.1 Å². The highest BCUT2D eigenvalue weighted by Crippen LogP contribution is 2.35. The Bertz CT molecular complexity index is 831. The van der Waals surface area contributed by atoms with Crippen molar-refractivity contribution in [1.82, 2.24) is 4.90 Å². The van der Waals surface area contributed by atoms with Gasteiger partial charge in [0.05, 0.1) is 18.0 Å². The van der Waals surface area contributed by atoms with E-state index in [9.17, 15) is 13.2 Å². The average molecular weight is 364 g/mol. The molecule has 128 valence electrons. The minimum absolute atomic E-state index is 0.0466. The number of sulfonamides is 1. The number of hydrogen-bond acceptors (Lipinski definition) is 4. The van der Waals surface area contributed by atoms with E-state index in [1.165, 1.54) is 16.2 Å². The third-order valence-corrected chi connectivity index (χ3v) is 6.52. The summed E-state index contributed by atoms with van der Waals surface area (Å²) in [6.07, 6.45) is 3.10. The molecule has 0 radical (unpaired) electrons. The molecule has 1 fully saturated rings. The quantitative estimate of drug-likeness (QED) is 0.837. The third-order valence-electron chi connectivity index (χ3n) is 4.34. The first-order valence-corrected chi connectivity index (χ1v) is 10.5. The number of benzene rings is 1. The standard InChI is InChI=1S/C17H20N2O3S2/c1-18(24(2,21)22)14-7-3-6-13(12-14)17(20)19-10-4-8-15(19)16-9-5-11-23-16/h3,5-7,9,11-12,15H,4,8,10H2,1-2H3. The zero-order chi connectivity index (χ0) is 17.3. The summed E-state index contributed by atoms with van der Waals surface area (Å²) in [6, 6.07) is 11.0. The van der Waals surface area contributed by atoms with Crippen molar-refractivity contribution in [2.45, 2.75) is 18.9 Å². The van der Waals surface area contributed by atoms with Crippen molar-refractivity contribution in [3.8, 4) is 0 Å². The van der Waals surface area contributed by atoms with Gasteiger partial charge in [0.15, 0.2) is 0 Å². The lowest BCUT2D eigenvalue weighted by Crippen LogP contribution is -2.30. The molecule has 24 heavy (non-hydrogen) atoms. The van der Waals surface area contributed by atoms with Gasteiger partial charge < -0.3 is 4.90 Å². The first kappa shape index (κ1) is 17.0. The summed E-state index contributed by atoms with van der Waals surface area (Å²) in [4.78, 5) is 16.0. The molecular formula is C17H20N2O3S2. The molecule has 0 aliphatic carbocycles. The van der Waals surface area contributed by atoms with E-state index >= 15 is 0 Å². The topological polar surface area (TPSA) is 57.7 Å². The molecule has 0 saturated carbocycles. The number of hydrogen-bond donors (Lipinski definition) is 0. The fraction of sp³-hybridized carbons (Fsp3) is 0.353. The van der Waals surface area contributed by atoms with Gasteiger partial charge in [0.1, 0.15) is 0 Å². The van der Waals surface area contributed by atoms with Gasteiger partial charge in [-0.3, -0.25) is 9.10 Å². The summed E-state index contributed by atoms with van der Waals surface area (Å²) in [5, 5.41) is 2.03. The molecule has 1 aromatic heterocycles. The van der Waals surface area contributed by atoms with Gasteiger partial charge in [-0.25, -0.2) is 8.42 Å². The van der Waals surface area contributed by atoms with E-state index in [4.69, 9.17) is 0 Å². The predicted octanol–water partition coefficient (Wildman–Crippen LogP) is 3.12. The molecule has 1 aliphatic rings. The number of likely N-dealkylation sites (tertiary alicyclic amines) is 1. The van der Waals surface area contributed by atoms with E-state index in [0.717, 1.165) is 25.6 Å². The van der Waals surface area contributed by atoms with E-state index in [0.29, 0.717) is 11.3 Å². The van der Waals surface area contributed by atoms with Crippen LogP contribution < -0.4 is 4.31 Å². The van der Waals surface area contributed by atoms with Gasteiger partial charge in [-0.1, -0.05) is 12.1 Å². The van der Waals surface area contributed by atoms with Crippen LogP contribution in [0.15, 0.2) is 41.8 Å². The van der Waals surface area contributed by atoms with Gasteiger partial charge in [0.25, 0.3) is 5.91 Å². The summed E-state index contributed by atoms with van der Waals surface area (Å²) < 4.78 is 24.6. The SMILES string of the molecule is CN(c1cccc(C(=O)N2CCCC2c2cccs2)c1)S(C)(=O)=O. The van der Waals surface area contributed by atoms with Crippen molar-refractivity contribution in [1.29, 1.82) is 0 Å². The van der Waals surface area contributed by atoms with Gasteiger partial charge in [0, 0.05) is 24.0 Å². The third kappa shape index (κ3) is 3.32. The van der Waals surface area contributed by atoms with Crippen molar-refractivity contribution >= 4 is 33.0 Å². The smallest absolute Gasteiger partial charge is 0.254 e. The molecule has 7 heteroatoms. The second kappa shape index (κ2) is 6.57. The maximum absolute atomic E-state index is 12.9. The van der Waals surface area contributed by atoms with Crippen LogP contribution in [0.3, 0.4) is 0 Å². The zero-order valence-corrected chi connectivity index (χ0v) is 15.3. The Balaban J connectivity index is 1.88. The number of rotatable bonds is 4. The summed E-state index contributed by atoms with van der Waals surface area (Å²) >= 11 is 1.67. The van der Waals surface area contributed by atoms with Crippen LogP contribution in [0.2, 0.25) is 0 Å². The van der Waals surface area contributed by atoms with E-state index < -0.39 is 10.0 Å². The average Bonchev–Trinajstić information content (AvgIpc) is 3.23. The van der Waals surface area contributed by atoms with Gasteiger partial charge in [0.2, 0.25) is 10.0 Å². The fourth-order valence-corrected chi connectivity index (χ4v) is 4.35. The van der Waals surface area contributed by atoms with Crippen LogP contribution >= 0.6 is 11.3 Å². The fourth-order valence-electron chi connectivity index (χ4n) is 2.98. The first-order valence-electron chi connectivity index (χ1n) is 7.76. The maximum atomic E-state index is 12.9. The van der Waals surface area contributed by atoms with E-state index in [1.807, 2.05) is 16.3 Å². The highest BCUT2D eigenvalue weighted by molar-refractivity contribution is 7.92. The molecule has 1 amide bonds. The second-order valence-corrected chi connectivity index (χ2v) is 8.95. The minimum atomic E-state index is -3.35. The van der Waals surface area contributed by atoms with Gasteiger partial charge in [-0.15, -0.1) is 11.3 Å². The monoisotopic (exact) mass is 364 g/mol. The Labute approximate surface area is 146 Å². The second-order valence-electron chi connectivity index (χ2n) is 5.95. The van der Waals surface area contributed by atoms with Crippen molar-refractivity contribution in [2.24, 2.45) is 0 Å². The molecule has 0 spiro atoms. The number of carbonyl (C=O) groups excluding carboxylic acids is 1. The van der Waals surface area contributed by atoms with Crippen LogP contribution in [-0.2, 0) is 10.0 Å². The molecule has 1 aromatic carbocycles. The number of nitrogens with zero attached hydrogens (tertiary/aromatic N) is 2. The molecule has 2 heterocycles. The Morgan fingerprint density at radius 1 is 1.29 bits per heavy atom. The molecular weight excluding hydrogens is 344 g/mol. The largest absolute Gasteiger partial charge is 0.331 e. The maximum Gasteiger partial charge on any atom is 0.254 e. The zero-order valence-electron chi connectivity index (χ0n) is 13.7. The lowest BCUT2D eigenvalue weighted by atomic mass is 10.1. The Morgan fingerprint density at radius 3 is 2.75 bits per heavy atom. The number of anilines is 1. The van der Waals surface area contributed by atoms with Crippen LogP contribution in [0, 0.1) is 0 Å². The Morgan fingerprint density at radius 2 is 2.08 bits per heavy atom. The molecule has 0 N–H and O–H groups in total. The highest BCUT2D eigenvalue weighted by atomic mass is 32.2. The predicted molar refractivity (Wildman–Crippen MR) is 97.0 cm³/mol.